The summed E-state index contributed by atoms with van der Waals surface area (Å²) in [6, 6.07) is 7.38. The summed E-state index contributed by atoms with van der Waals surface area (Å²) in [6.07, 6.45) is 1.52. The first-order chi connectivity index (χ1) is 8.58. The number of carbonyl (C=O) groups excluding carboxylic acids is 1. The second kappa shape index (κ2) is 5.46. The maximum absolute atomic E-state index is 13.5. The maximum atomic E-state index is 13.5. The Kier molecular flexibility index (Phi) is 3.93. The van der Waals surface area contributed by atoms with E-state index in [0.29, 0.717) is 5.82 Å². The molecule has 0 bridgehead atoms. The number of pyridine rings is 1. The van der Waals surface area contributed by atoms with Crippen molar-refractivity contribution in [3.05, 3.63) is 57.4 Å². The SMILES string of the molecule is O=C(Nc1cc(Br)ccn1)c1c(F)cccc1Cl. The van der Waals surface area contributed by atoms with Gasteiger partial charge in [0.1, 0.15) is 11.6 Å². The van der Waals surface area contributed by atoms with Crippen molar-refractivity contribution >= 4 is 39.3 Å². The number of anilines is 1. The van der Waals surface area contributed by atoms with E-state index in [9.17, 15) is 9.18 Å². The summed E-state index contributed by atoms with van der Waals surface area (Å²) in [5.41, 5.74) is -0.194. The number of carbonyl (C=O) groups is 1. The lowest BCUT2D eigenvalue weighted by Crippen LogP contribution is -2.15. The van der Waals surface area contributed by atoms with E-state index in [1.54, 1.807) is 12.1 Å². The van der Waals surface area contributed by atoms with Crippen LogP contribution in [0.5, 0.6) is 0 Å². The number of nitrogens with one attached hydrogen (secondary N) is 1. The van der Waals surface area contributed by atoms with E-state index in [0.717, 1.165) is 4.47 Å². The van der Waals surface area contributed by atoms with E-state index in [1.165, 1.54) is 24.4 Å². The molecule has 0 aliphatic heterocycles. The molecule has 1 aromatic heterocycles. The van der Waals surface area contributed by atoms with Gasteiger partial charge in [-0.15, -0.1) is 0 Å². The predicted molar refractivity (Wildman–Crippen MR) is 71.3 cm³/mol. The largest absolute Gasteiger partial charge is 0.306 e. The third-order valence-corrected chi connectivity index (χ3v) is 2.96. The molecule has 1 aromatic carbocycles. The summed E-state index contributed by atoms with van der Waals surface area (Å²) in [7, 11) is 0. The highest BCUT2D eigenvalue weighted by molar-refractivity contribution is 9.10. The lowest BCUT2D eigenvalue weighted by atomic mass is 10.2. The molecule has 0 aliphatic carbocycles. The lowest BCUT2D eigenvalue weighted by Gasteiger charge is -2.07. The first-order valence-corrected chi connectivity index (χ1v) is 6.12. The van der Waals surface area contributed by atoms with Crippen LogP contribution < -0.4 is 5.32 Å². The normalized spacial score (nSPS) is 10.2. The zero-order valence-corrected chi connectivity index (χ0v) is 11.3. The fourth-order valence-corrected chi connectivity index (χ4v) is 1.95. The van der Waals surface area contributed by atoms with Gasteiger partial charge in [0.15, 0.2) is 0 Å². The maximum Gasteiger partial charge on any atom is 0.261 e. The molecule has 1 N–H and O–H groups in total. The standard InChI is InChI=1S/C12H7BrClFN2O/c13-7-4-5-16-10(6-7)17-12(18)11-8(14)2-1-3-9(11)15/h1-6H,(H,16,17,18). The highest BCUT2D eigenvalue weighted by Gasteiger charge is 2.16. The van der Waals surface area contributed by atoms with Gasteiger partial charge in [0, 0.05) is 10.7 Å². The van der Waals surface area contributed by atoms with Gasteiger partial charge in [-0.3, -0.25) is 4.79 Å². The number of rotatable bonds is 2. The third kappa shape index (κ3) is 2.86. The summed E-state index contributed by atoms with van der Waals surface area (Å²) in [4.78, 5) is 15.8. The average Bonchev–Trinajstić information content (AvgIpc) is 2.28. The van der Waals surface area contributed by atoms with Crippen molar-refractivity contribution in [2.75, 3.05) is 5.32 Å². The van der Waals surface area contributed by atoms with Crippen LogP contribution in [0.25, 0.3) is 0 Å². The number of halogens is 3. The van der Waals surface area contributed by atoms with E-state index < -0.39 is 11.7 Å². The molecule has 0 spiro atoms. The molecule has 1 heterocycles. The van der Waals surface area contributed by atoms with E-state index in [-0.39, 0.29) is 10.6 Å². The summed E-state index contributed by atoms with van der Waals surface area (Å²) in [6.45, 7) is 0. The minimum absolute atomic E-state index is 0.0579. The van der Waals surface area contributed by atoms with Crippen LogP contribution in [-0.4, -0.2) is 10.9 Å². The molecule has 0 fully saturated rings. The van der Waals surface area contributed by atoms with Gasteiger partial charge in [0.05, 0.1) is 10.6 Å². The van der Waals surface area contributed by atoms with E-state index >= 15 is 0 Å². The molecule has 0 atom stereocenters. The van der Waals surface area contributed by atoms with E-state index in [4.69, 9.17) is 11.6 Å². The first-order valence-electron chi connectivity index (χ1n) is 4.95. The Labute approximate surface area is 116 Å². The van der Waals surface area contributed by atoms with Gasteiger partial charge in [0.25, 0.3) is 5.91 Å². The quantitative estimate of drug-likeness (QED) is 0.908. The van der Waals surface area contributed by atoms with Crippen LogP contribution in [-0.2, 0) is 0 Å². The average molecular weight is 330 g/mol. The number of aromatic nitrogens is 1. The number of hydrogen-bond donors (Lipinski definition) is 1. The summed E-state index contributed by atoms with van der Waals surface area (Å²) >= 11 is 9.04. The lowest BCUT2D eigenvalue weighted by molar-refractivity contribution is 0.102. The number of hydrogen-bond acceptors (Lipinski definition) is 2. The highest BCUT2D eigenvalue weighted by atomic mass is 79.9. The molecule has 6 heteroatoms. The van der Waals surface area contributed by atoms with Gasteiger partial charge in [0.2, 0.25) is 0 Å². The Bertz CT molecular complexity index is 586. The molecule has 0 saturated carbocycles. The molecule has 0 saturated heterocycles. The summed E-state index contributed by atoms with van der Waals surface area (Å²) in [5, 5.41) is 2.53. The number of amides is 1. The molecule has 2 rings (SSSR count). The van der Waals surface area contributed by atoms with Gasteiger partial charge >= 0.3 is 0 Å². The Morgan fingerprint density at radius 2 is 2.17 bits per heavy atom. The van der Waals surface area contributed by atoms with Gasteiger partial charge in [-0.1, -0.05) is 33.6 Å². The minimum atomic E-state index is -0.671. The first kappa shape index (κ1) is 13.0. The molecular formula is C12H7BrClFN2O. The monoisotopic (exact) mass is 328 g/mol. The van der Waals surface area contributed by atoms with Gasteiger partial charge in [-0.2, -0.15) is 0 Å². The zero-order chi connectivity index (χ0) is 13.1. The van der Waals surface area contributed by atoms with Gasteiger partial charge < -0.3 is 5.32 Å². The second-order valence-electron chi connectivity index (χ2n) is 3.41. The molecular weight excluding hydrogens is 322 g/mol. The molecule has 0 radical (unpaired) electrons. The van der Waals surface area contributed by atoms with Gasteiger partial charge in [-0.25, -0.2) is 9.37 Å². The van der Waals surface area contributed by atoms with Crippen LogP contribution in [0.2, 0.25) is 5.02 Å². The van der Waals surface area contributed by atoms with Crippen LogP contribution in [0.4, 0.5) is 10.2 Å². The summed E-state index contributed by atoms with van der Waals surface area (Å²) in [5.74, 6) is -0.993. The van der Waals surface area contributed by atoms with Gasteiger partial charge in [-0.05, 0) is 24.3 Å². The minimum Gasteiger partial charge on any atom is -0.306 e. The topological polar surface area (TPSA) is 42.0 Å². The van der Waals surface area contributed by atoms with Crippen LogP contribution in [0.3, 0.4) is 0 Å². The van der Waals surface area contributed by atoms with Crippen LogP contribution in [0, 0.1) is 5.82 Å². The van der Waals surface area contributed by atoms with Crippen molar-refractivity contribution < 1.29 is 9.18 Å². The van der Waals surface area contributed by atoms with Crippen molar-refractivity contribution in [1.29, 1.82) is 0 Å². The molecule has 0 aliphatic rings. The Morgan fingerprint density at radius 1 is 1.39 bits per heavy atom. The molecule has 2 aromatic rings. The molecule has 1 amide bonds. The third-order valence-electron chi connectivity index (χ3n) is 2.15. The van der Waals surface area contributed by atoms with Crippen LogP contribution in [0.1, 0.15) is 10.4 Å². The smallest absolute Gasteiger partial charge is 0.261 e. The van der Waals surface area contributed by atoms with Crippen molar-refractivity contribution in [3.8, 4) is 0 Å². The Morgan fingerprint density at radius 3 is 2.83 bits per heavy atom. The predicted octanol–water partition coefficient (Wildman–Crippen LogP) is 3.89. The van der Waals surface area contributed by atoms with E-state index in [2.05, 4.69) is 26.2 Å². The van der Waals surface area contributed by atoms with Crippen molar-refractivity contribution in [2.45, 2.75) is 0 Å². The van der Waals surface area contributed by atoms with Crippen molar-refractivity contribution in [3.63, 3.8) is 0 Å². The van der Waals surface area contributed by atoms with Crippen molar-refractivity contribution in [2.24, 2.45) is 0 Å². The number of nitrogens with zero attached hydrogens (tertiary/aromatic N) is 1. The zero-order valence-electron chi connectivity index (χ0n) is 8.95. The summed E-state index contributed by atoms with van der Waals surface area (Å²) < 4.78 is 14.3. The number of benzene rings is 1. The fourth-order valence-electron chi connectivity index (χ4n) is 1.37. The van der Waals surface area contributed by atoms with E-state index in [1.807, 2.05) is 0 Å². The Balaban J connectivity index is 2.28. The molecule has 3 nitrogen and oxygen atoms in total. The Hall–Kier alpha value is -1.46. The van der Waals surface area contributed by atoms with Crippen molar-refractivity contribution in [1.82, 2.24) is 4.98 Å². The highest BCUT2D eigenvalue weighted by Crippen LogP contribution is 2.20. The second-order valence-corrected chi connectivity index (χ2v) is 4.73. The molecule has 0 unspecified atom stereocenters. The molecule has 92 valence electrons. The fraction of sp³-hybridized carbons (Fsp3) is 0. The molecule has 18 heavy (non-hydrogen) atoms. The van der Waals surface area contributed by atoms with Crippen LogP contribution in [0.15, 0.2) is 41.0 Å². The van der Waals surface area contributed by atoms with Crippen LogP contribution >= 0.6 is 27.5 Å².